The molecule has 1 aliphatic rings. The molecule has 1 fully saturated rings. The number of rotatable bonds is 7. The lowest BCUT2D eigenvalue weighted by Gasteiger charge is -2.16. The highest BCUT2D eigenvalue weighted by molar-refractivity contribution is 7.89. The largest absolute Gasteiger partial charge is 0.387 e. The molecule has 1 aliphatic heterocycles. The molecule has 0 saturated carbocycles. The quantitative estimate of drug-likeness (QED) is 0.245. The zero-order valence-electron chi connectivity index (χ0n) is 18.5. The molecule has 15 heteroatoms. The van der Waals surface area contributed by atoms with Crippen LogP contribution in [0.4, 0.5) is 5.82 Å². The average Bonchev–Trinajstić information content (AvgIpc) is 3.53. The Morgan fingerprint density at radius 1 is 1.14 bits per heavy atom. The summed E-state index contributed by atoms with van der Waals surface area (Å²) in [6.45, 7) is 1.87. The van der Waals surface area contributed by atoms with Gasteiger partial charge in [-0.05, 0) is 19.1 Å². The molecule has 0 radical (unpaired) electrons. The second-order valence-corrected chi connectivity index (χ2v) is 9.97. The first-order valence-corrected chi connectivity index (χ1v) is 12.1. The van der Waals surface area contributed by atoms with Crippen molar-refractivity contribution in [1.29, 1.82) is 0 Å². The van der Waals surface area contributed by atoms with Gasteiger partial charge in [-0.1, -0.05) is 22.9 Å². The Bertz CT molecular complexity index is 1450. The van der Waals surface area contributed by atoms with Gasteiger partial charge in [-0.15, -0.1) is 5.10 Å². The summed E-state index contributed by atoms with van der Waals surface area (Å²) in [4.78, 5) is 12.3. The number of nitrogens with two attached hydrogens (primary N) is 1. The first-order chi connectivity index (χ1) is 16.7. The van der Waals surface area contributed by atoms with E-state index in [4.69, 9.17) is 10.5 Å². The number of sulfonamides is 1. The highest BCUT2D eigenvalue weighted by atomic mass is 32.2. The van der Waals surface area contributed by atoms with E-state index in [1.54, 1.807) is 12.1 Å². The first kappa shape index (κ1) is 23.3. The van der Waals surface area contributed by atoms with Gasteiger partial charge in [0.05, 0.1) is 30.0 Å². The van der Waals surface area contributed by atoms with Gasteiger partial charge in [-0.25, -0.2) is 32.8 Å². The number of aromatic nitrogens is 7. The van der Waals surface area contributed by atoms with Crippen molar-refractivity contribution in [1.82, 2.24) is 39.2 Å². The van der Waals surface area contributed by atoms with Crippen LogP contribution in [0.15, 0.2) is 48.0 Å². The summed E-state index contributed by atoms with van der Waals surface area (Å²) in [6.07, 6.45) is -0.0681. The number of benzene rings is 1. The van der Waals surface area contributed by atoms with E-state index in [0.29, 0.717) is 16.9 Å². The van der Waals surface area contributed by atoms with E-state index >= 15 is 0 Å². The number of ether oxygens (including phenoxy) is 1. The van der Waals surface area contributed by atoms with E-state index in [9.17, 15) is 18.6 Å². The lowest BCUT2D eigenvalue weighted by Crippen LogP contribution is -2.33. The SMILES string of the molecule is Cc1ccc(S(=O)(=O)NCc2cn(C[C@H]3O[C@@H](n4cnc5c(N)ncnc54)[C@H](O)[C@@H]3O)nn2)cc1. The van der Waals surface area contributed by atoms with Crippen molar-refractivity contribution in [3.63, 3.8) is 0 Å². The summed E-state index contributed by atoms with van der Waals surface area (Å²) in [5.41, 5.74) is 7.85. The van der Waals surface area contributed by atoms with Crippen LogP contribution in [0, 0.1) is 6.92 Å². The standard InChI is InChI=1S/C20H23N9O5S/c1-11-2-4-13(5-3-11)35(32,33)25-6-12-7-28(27-26-12)8-14-16(30)17(31)20(34-14)29-10-24-15-18(21)22-9-23-19(15)29/h2-5,7,9-10,14,16-17,20,25,30-31H,6,8H2,1H3,(H2,21,22,23)/t14-,16-,17-,20-/m1/s1. The van der Waals surface area contributed by atoms with E-state index in [1.807, 2.05) is 6.92 Å². The average molecular weight is 502 g/mol. The maximum Gasteiger partial charge on any atom is 0.240 e. The molecule has 0 spiro atoms. The number of imidazole rings is 1. The minimum absolute atomic E-state index is 0.0657. The van der Waals surface area contributed by atoms with Crippen molar-refractivity contribution >= 4 is 27.0 Å². The number of nitrogens with one attached hydrogen (secondary N) is 1. The molecule has 0 aliphatic carbocycles. The Labute approximate surface area is 199 Å². The Kier molecular flexibility index (Phi) is 5.94. The topological polar surface area (TPSA) is 196 Å². The van der Waals surface area contributed by atoms with E-state index in [1.165, 1.54) is 40.2 Å². The van der Waals surface area contributed by atoms with Gasteiger partial charge >= 0.3 is 0 Å². The number of aliphatic hydroxyl groups excluding tert-OH is 2. The van der Waals surface area contributed by atoms with Crippen molar-refractivity contribution in [2.24, 2.45) is 0 Å². The number of nitrogen functional groups attached to an aromatic ring is 1. The van der Waals surface area contributed by atoms with E-state index in [-0.39, 0.29) is 23.8 Å². The summed E-state index contributed by atoms with van der Waals surface area (Å²) in [7, 11) is -3.71. The normalized spacial score (nSPS) is 22.7. The number of aryl methyl sites for hydroxylation is 1. The molecule has 35 heavy (non-hydrogen) atoms. The third kappa shape index (κ3) is 4.46. The highest BCUT2D eigenvalue weighted by Crippen LogP contribution is 2.32. The molecule has 5 N–H and O–H groups in total. The molecule has 4 atom stereocenters. The Morgan fingerprint density at radius 3 is 2.69 bits per heavy atom. The van der Waals surface area contributed by atoms with Crippen LogP contribution in [0.5, 0.6) is 0 Å². The van der Waals surface area contributed by atoms with Gasteiger partial charge in [-0.2, -0.15) is 0 Å². The van der Waals surface area contributed by atoms with Crippen LogP contribution in [0.25, 0.3) is 11.2 Å². The van der Waals surface area contributed by atoms with Crippen LogP contribution in [0.1, 0.15) is 17.5 Å². The molecule has 5 rings (SSSR count). The number of hydrogen-bond donors (Lipinski definition) is 4. The predicted octanol–water partition coefficient (Wildman–Crippen LogP) is -0.894. The molecule has 1 saturated heterocycles. The summed E-state index contributed by atoms with van der Waals surface area (Å²) in [5.74, 6) is 0.187. The van der Waals surface area contributed by atoms with Crippen molar-refractivity contribution in [2.45, 2.75) is 49.4 Å². The van der Waals surface area contributed by atoms with Crippen LogP contribution >= 0.6 is 0 Å². The Hall–Kier alpha value is -3.50. The van der Waals surface area contributed by atoms with Crippen molar-refractivity contribution < 1.29 is 23.4 Å². The predicted molar refractivity (Wildman–Crippen MR) is 121 cm³/mol. The van der Waals surface area contributed by atoms with Gasteiger partial charge in [0.15, 0.2) is 17.7 Å². The molecule has 1 aromatic carbocycles. The summed E-state index contributed by atoms with van der Waals surface area (Å²) >= 11 is 0. The second kappa shape index (κ2) is 8.94. The number of nitrogens with zero attached hydrogens (tertiary/aromatic N) is 7. The smallest absolute Gasteiger partial charge is 0.240 e. The number of aliphatic hydroxyl groups is 2. The summed E-state index contributed by atoms with van der Waals surface area (Å²) in [6, 6.07) is 6.49. The summed E-state index contributed by atoms with van der Waals surface area (Å²) < 4.78 is 36.2. The number of hydrogen-bond acceptors (Lipinski definition) is 11. The summed E-state index contributed by atoms with van der Waals surface area (Å²) in [5, 5.41) is 29.1. The molecule has 0 bridgehead atoms. The van der Waals surface area contributed by atoms with Crippen LogP contribution in [0.2, 0.25) is 0 Å². The fourth-order valence-corrected chi connectivity index (χ4v) is 4.83. The lowest BCUT2D eigenvalue weighted by molar-refractivity contribution is -0.0403. The maximum atomic E-state index is 12.5. The van der Waals surface area contributed by atoms with Crippen molar-refractivity contribution in [3.05, 3.63) is 54.4 Å². The third-order valence-corrected chi connectivity index (χ3v) is 7.14. The number of fused-ring (bicyclic) bond motifs is 1. The minimum Gasteiger partial charge on any atom is -0.387 e. The van der Waals surface area contributed by atoms with Gasteiger partial charge < -0.3 is 20.7 Å². The molecule has 14 nitrogen and oxygen atoms in total. The monoisotopic (exact) mass is 501 g/mol. The molecule has 4 aromatic rings. The molecular weight excluding hydrogens is 478 g/mol. The molecule has 184 valence electrons. The Balaban J connectivity index is 1.25. The lowest BCUT2D eigenvalue weighted by atomic mass is 10.1. The van der Waals surface area contributed by atoms with Crippen LogP contribution in [0.3, 0.4) is 0 Å². The van der Waals surface area contributed by atoms with Gasteiger partial charge in [-0.3, -0.25) is 4.57 Å². The maximum absolute atomic E-state index is 12.5. The van der Waals surface area contributed by atoms with Crippen LogP contribution in [-0.4, -0.2) is 71.5 Å². The van der Waals surface area contributed by atoms with Gasteiger partial charge in [0, 0.05) is 6.20 Å². The van der Waals surface area contributed by atoms with E-state index < -0.39 is 34.6 Å². The third-order valence-electron chi connectivity index (χ3n) is 5.73. The zero-order chi connectivity index (χ0) is 24.7. The molecular formula is C20H23N9O5S. The van der Waals surface area contributed by atoms with Gasteiger partial charge in [0.2, 0.25) is 10.0 Å². The van der Waals surface area contributed by atoms with E-state index in [0.717, 1.165) is 5.56 Å². The van der Waals surface area contributed by atoms with Crippen LogP contribution < -0.4 is 10.5 Å². The van der Waals surface area contributed by atoms with E-state index in [2.05, 4.69) is 30.0 Å². The fraction of sp³-hybridized carbons (Fsp3) is 0.350. The molecule has 0 unspecified atom stereocenters. The molecule has 4 heterocycles. The highest BCUT2D eigenvalue weighted by Gasteiger charge is 2.44. The first-order valence-electron chi connectivity index (χ1n) is 10.6. The van der Waals surface area contributed by atoms with Crippen molar-refractivity contribution in [2.75, 3.05) is 5.73 Å². The number of anilines is 1. The van der Waals surface area contributed by atoms with Crippen LogP contribution in [-0.2, 0) is 27.8 Å². The molecule has 3 aromatic heterocycles. The van der Waals surface area contributed by atoms with Crippen molar-refractivity contribution in [3.8, 4) is 0 Å². The van der Waals surface area contributed by atoms with Gasteiger partial charge in [0.25, 0.3) is 0 Å². The second-order valence-electron chi connectivity index (χ2n) is 8.20. The fourth-order valence-electron chi connectivity index (χ4n) is 3.83. The minimum atomic E-state index is -3.71. The van der Waals surface area contributed by atoms with Gasteiger partial charge in [0.1, 0.15) is 30.2 Å². The Morgan fingerprint density at radius 2 is 1.91 bits per heavy atom. The zero-order valence-corrected chi connectivity index (χ0v) is 19.3. The molecule has 0 amide bonds.